The molecule has 0 aromatic carbocycles. The zero-order valence-electron chi connectivity index (χ0n) is 12.5. The van der Waals surface area contributed by atoms with Crippen LogP contribution in [0, 0.1) is 11.3 Å². The Morgan fingerprint density at radius 2 is 2.17 bits per heavy atom. The fraction of sp³-hybridized carbons (Fsp3) is 0.929. The average molecular weight is 256 g/mol. The second-order valence-corrected chi connectivity index (χ2v) is 6.47. The number of nitrogens with one attached hydrogen (secondary N) is 1. The van der Waals surface area contributed by atoms with Gasteiger partial charge >= 0.3 is 6.03 Å². The first-order chi connectivity index (χ1) is 8.34. The minimum absolute atomic E-state index is 0.0389. The summed E-state index contributed by atoms with van der Waals surface area (Å²) in [5.74, 6) is 0.616. The quantitative estimate of drug-likeness (QED) is 0.843. The van der Waals surface area contributed by atoms with E-state index in [9.17, 15) is 4.79 Å². The molecule has 1 aliphatic heterocycles. The molecule has 2 amide bonds. The Labute approximate surface area is 111 Å². The van der Waals surface area contributed by atoms with Gasteiger partial charge in [-0.2, -0.15) is 0 Å². The molecule has 1 fully saturated rings. The van der Waals surface area contributed by atoms with Gasteiger partial charge in [-0.1, -0.05) is 27.7 Å². The van der Waals surface area contributed by atoms with E-state index >= 15 is 0 Å². The number of likely N-dealkylation sites (tertiary alicyclic amines) is 1. The highest BCUT2D eigenvalue weighted by Crippen LogP contribution is 2.21. The number of nitrogens with zero attached hydrogens (tertiary/aromatic N) is 1. The molecule has 106 valence electrons. The van der Waals surface area contributed by atoms with Crippen molar-refractivity contribution in [2.24, 2.45) is 11.3 Å². The fourth-order valence-electron chi connectivity index (χ4n) is 2.41. The van der Waals surface area contributed by atoms with Crippen molar-refractivity contribution >= 4 is 6.03 Å². The van der Waals surface area contributed by atoms with Gasteiger partial charge in [-0.3, -0.25) is 0 Å². The SMILES string of the molecule is CO[C@@H](CNC(=O)N1CCC[C@@H](C)C1)C(C)(C)C. The molecule has 4 heteroatoms. The number of carbonyl (C=O) groups excluding carboxylic acids is 1. The minimum Gasteiger partial charge on any atom is -0.379 e. The average Bonchev–Trinajstić information content (AvgIpc) is 2.27. The lowest BCUT2D eigenvalue weighted by Gasteiger charge is -2.33. The summed E-state index contributed by atoms with van der Waals surface area (Å²) >= 11 is 0. The lowest BCUT2D eigenvalue weighted by Crippen LogP contribution is -2.48. The molecule has 1 heterocycles. The number of amides is 2. The molecule has 1 aliphatic rings. The van der Waals surface area contributed by atoms with E-state index in [1.54, 1.807) is 7.11 Å². The summed E-state index contributed by atoms with van der Waals surface area (Å²) in [4.78, 5) is 14.0. The van der Waals surface area contributed by atoms with Crippen molar-refractivity contribution in [3.63, 3.8) is 0 Å². The molecule has 1 N–H and O–H groups in total. The third-order valence-corrected chi connectivity index (χ3v) is 3.63. The first kappa shape index (κ1) is 15.3. The lowest BCUT2D eigenvalue weighted by molar-refractivity contribution is 0.0182. The van der Waals surface area contributed by atoms with E-state index in [1.165, 1.54) is 6.42 Å². The highest BCUT2D eigenvalue weighted by molar-refractivity contribution is 5.74. The van der Waals surface area contributed by atoms with Crippen LogP contribution in [0.2, 0.25) is 0 Å². The third kappa shape index (κ3) is 4.48. The monoisotopic (exact) mass is 256 g/mol. The Morgan fingerprint density at radius 3 is 2.67 bits per heavy atom. The molecule has 0 bridgehead atoms. The van der Waals surface area contributed by atoms with Crippen LogP contribution < -0.4 is 5.32 Å². The molecule has 0 unspecified atom stereocenters. The molecule has 0 radical (unpaired) electrons. The molecule has 4 nitrogen and oxygen atoms in total. The first-order valence-electron chi connectivity index (χ1n) is 6.90. The normalized spacial score (nSPS) is 22.7. The van der Waals surface area contributed by atoms with Crippen molar-refractivity contribution in [1.82, 2.24) is 10.2 Å². The smallest absolute Gasteiger partial charge is 0.317 e. The first-order valence-corrected chi connectivity index (χ1v) is 6.90. The Bertz CT molecular complexity index is 273. The second kappa shape index (κ2) is 6.41. The molecular formula is C14H28N2O2. The summed E-state index contributed by atoms with van der Waals surface area (Å²) in [6.45, 7) is 10.9. The third-order valence-electron chi connectivity index (χ3n) is 3.63. The van der Waals surface area contributed by atoms with Gasteiger partial charge in [-0.05, 0) is 24.2 Å². The molecule has 0 spiro atoms. The van der Waals surface area contributed by atoms with E-state index in [2.05, 4.69) is 33.0 Å². The van der Waals surface area contributed by atoms with Gasteiger partial charge in [0.2, 0.25) is 0 Å². The van der Waals surface area contributed by atoms with E-state index in [0.717, 1.165) is 19.5 Å². The molecule has 0 saturated carbocycles. The van der Waals surface area contributed by atoms with Crippen LogP contribution in [0.1, 0.15) is 40.5 Å². The van der Waals surface area contributed by atoms with Crippen molar-refractivity contribution in [1.29, 1.82) is 0 Å². The minimum atomic E-state index is 0.0389. The Hall–Kier alpha value is -0.770. The number of carbonyl (C=O) groups is 1. The number of rotatable bonds is 3. The molecule has 0 aliphatic carbocycles. The zero-order valence-corrected chi connectivity index (χ0v) is 12.5. The van der Waals surface area contributed by atoms with Crippen LogP contribution in [0.4, 0.5) is 4.79 Å². The summed E-state index contributed by atoms with van der Waals surface area (Å²) in [6.07, 6.45) is 2.39. The standard InChI is InChI=1S/C14H28N2O2/c1-11-7-6-8-16(10-11)13(17)15-9-12(18-5)14(2,3)4/h11-12H,6-10H2,1-5H3,(H,15,17)/t11-,12+/m1/s1. The van der Waals surface area contributed by atoms with E-state index in [0.29, 0.717) is 12.5 Å². The Balaban J connectivity index is 2.40. The Kier molecular flexibility index (Phi) is 5.45. The number of urea groups is 1. The lowest BCUT2D eigenvalue weighted by atomic mass is 9.89. The van der Waals surface area contributed by atoms with Gasteiger partial charge in [0.15, 0.2) is 0 Å². The maximum Gasteiger partial charge on any atom is 0.317 e. The molecule has 0 aromatic heterocycles. The predicted molar refractivity (Wildman–Crippen MR) is 73.6 cm³/mol. The van der Waals surface area contributed by atoms with E-state index in [-0.39, 0.29) is 17.6 Å². The van der Waals surface area contributed by atoms with Crippen LogP contribution in [0.3, 0.4) is 0 Å². The predicted octanol–water partition coefficient (Wildman–Crippen LogP) is 2.49. The van der Waals surface area contributed by atoms with Crippen LogP contribution in [-0.2, 0) is 4.74 Å². The number of methoxy groups -OCH3 is 1. The zero-order chi connectivity index (χ0) is 13.8. The Morgan fingerprint density at radius 1 is 1.50 bits per heavy atom. The molecule has 18 heavy (non-hydrogen) atoms. The van der Waals surface area contributed by atoms with Crippen molar-refractivity contribution in [3.8, 4) is 0 Å². The maximum absolute atomic E-state index is 12.1. The highest BCUT2D eigenvalue weighted by Gasteiger charge is 2.26. The van der Waals surface area contributed by atoms with Crippen LogP contribution in [0.25, 0.3) is 0 Å². The van der Waals surface area contributed by atoms with Gasteiger partial charge < -0.3 is 15.0 Å². The number of ether oxygens (including phenoxy) is 1. The van der Waals surface area contributed by atoms with Crippen LogP contribution in [-0.4, -0.2) is 43.8 Å². The molecular weight excluding hydrogens is 228 g/mol. The van der Waals surface area contributed by atoms with Gasteiger partial charge in [0.1, 0.15) is 0 Å². The molecule has 0 aromatic rings. The van der Waals surface area contributed by atoms with Gasteiger partial charge in [0, 0.05) is 26.7 Å². The van der Waals surface area contributed by atoms with Gasteiger partial charge in [-0.25, -0.2) is 4.79 Å². The largest absolute Gasteiger partial charge is 0.379 e. The highest BCUT2D eigenvalue weighted by atomic mass is 16.5. The number of hydrogen-bond acceptors (Lipinski definition) is 2. The van der Waals surface area contributed by atoms with Gasteiger partial charge in [0.25, 0.3) is 0 Å². The second-order valence-electron chi connectivity index (χ2n) is 6.47. The molecule has 1 saturated heterocycles. The topological polar surface area (TPSA) is 41.6 Å². The number of hydrogen-bond donors (Lipinski definition) is 1. The van der Waals surface area contributed by atoms with Gasteiger partial charge in [0.05, 0.1) is 6.10 Å². The summed E-state index contributed by atoms with van der Waals surface area (Å²) in [5.41, 5.74) is 0.0389. The van der Waals surface area contributed by atoms with Crippen LogP contribution >= 0.6 is 0 Å². The maximum atomic E-state index is 12.1. The fourth-order valence-corrected chi connectivity index (χ4v) is 2.41. The summed E-state index contributed by atoms with van der Waals surface area (Å²) in [5, 5.41) is 2.99. The van der Waals surface area contributed by atoms with Crippen molar-refractivity contribution in [3.05, 3.63) is 0 Å². The summed E-state index contributed by atoms with van der Waals surface area (Å²) in [7, 11) is 1.70. The van der Waals surface area contributed by atoms with Crippen molar-refractivity contribution in [2.45, 2.75) is 46.6 Å². The molecule has 2 atom stereocenters. The van der Waals surface area contributed by atoms with Gasteiger partial charge in [-0.15, -0.1) is 0 Å². The van der Waals surface area contributed by atoms with Crippen molar-refractivity contribution in [2.75, 3.05) is 26.7 Å². The van der Waals surface area contributed by atoms with Crippen molar-refractivity contribution < 1.29 is 9.53 Å². The van der Waals surface area contributed by atoms with Crippen LogP contribution in [0.5, 0.6) is 0 Å². The van der Waals surface area contributed by atoms with E-state index in [4.69, 9.17) is 4.74 Å². The van der Waals surface area contributed by atoms with E-state index in [1.807, 2.05) is 4.90 Å². The summed E-state index contributed by atoms with van der Waals surface area (Å²) in [6, 6.07) is 0.0489. The number of piperidine rings is 1. The molecule has 1 rings (SSSR count). The van der Waals surface area contributed by atoms with E-state index < -0.39 is 0 Å². The van der Waals surface area contributed by atoms with Crippen LogP contribution in [0.15, 0.2) is 0 Å². The summed E-state index contributed by atoms with van der Waals surface area (Å²) < 4.78 is 5.44.